The highest BCUT2D eigenvalue weighted by Crippen LogP contribution is 2.33. The van der Waals surface area contributed by atoms with E-state index in [1.807, 2.05) is 0 Å². The SMILES string of the molecule is CCC/C=C\CCCCCCCC(=O)NC(COC1OC(CO)C(OC2OC(CO)C(OC3OC(CO)C(O)C(O)C3O)C(O)C2O)C(O)C1O)C(O)/C=C/CC/C=C/CCCCC. The number of carbonyl (C=O) groups excluding carboxylic acids is 1. The van der Waals surface area contributed by atoms with Gasteiger partial charge in [-0.3, -0.25) is 4.79 Å². The molecule has 1 amide bonds. The first-order chi connectivity index (χ1) is 30.8. The van der Waals surface area contributed by atoms with Crippen LogP contribution in [0.15, 0.2) is 36.5 Å². The van der Waals surface area contributed by atoms with E-state index in [0.717, 1.165) is 70.6 Å². The molecule has 0 aromatic heterocycles. The summed E-state index contributed by atoms with van der Waals surface area (Å²) >= 11 is 0. The summed E-state index contributed by atoms with van der Waals surface area (Å²) in [5, 5.41) is 119. The van der Waals surface area contributed by atoms with Crippen molar-refractivity contribution in [2.75, 3.05) is 26.4 Å². The molecule has 0 aliphatic carbocycles. The predicted octanol–water partition coefficient (Wildman–Crippen LogP) is -0.143. The summed E-state index contributed by atoms with van der Waals surface area (Å²) < 4.78 is 33.9. The Balaban J connectivity index is 1.61. The van der Waals surface area contributed by atoms with E-state index in [2.05, 4.69) is 43.5 Å². The predicted molar refractivity (Wildman–Crippen MR) is 231 cm³/mol. The van der Waals surface area contributed by atoms with Gasteiger partial charge in [-0.2, -0.15) is 0 Å². The number of allylic oxidation sites excluding steroid dienone is 5. The molecule has 3 aliphatic heterocycles. The number of amides is 1. The number of aliphatic hydroxyl groups excluding tert-OH is 11. The fourth-order valence-corrected chi connectivity index (χ4v) is 7.67. The molecule has 17 unspecified atom stereocenters. The Hall–Kier alpha value is -1.99. The van der Waals surface area contributed by atoms with E-state index in [1.54, 1.807) is 12.2 Å². The maximum Gasteiger partial charge on any atom is 0.220 e. The van der Waals surface area contributed by atoms with Gasteiger partial charge in [-0.25, -0.2) is 0 Å². The zero-order valence-electron chi connectivity index (χ0n) is 37.5. The van der Waals surface area contributed by atoms with Crippen LogP contribution in [-0.2, 0) is 33.2 Å². The topological polar surface area (TPSA) is 307 Å². The second-order valence-corrected chi connectivity index (χ2v) is 16.8. The van der Waals surface area contributed by atoms with Crippen LogP contribution in [0.2, 0.25) is 0 Å². The standard InChI is InChI=1S/C45H79NO18/c1-3-5-7-9-11-13-15-17-19-21-23-33(51)46-28(29(50)22-20-18-16-14-12-10-8-6-4-2)27-59-43-39(57)36(54)41(31(25-48)61-43)64-45-40(58)37(55)42(32(26-49)62-45)63-44-38(56)35(53)34(52)30(24-47)60-44/h7,9,12,14,20,22,28-32,34-45,47-50,52-58H,3-6,8,10-11,13,15-19,21,23-27H2,1-2H3,(H,46,51)/b9-7-,14-12+,22-20+. The van der Waals surface area contributed by atoms with Gasteiger partial charge in [0.25, 0.3) is 0 Å². The molecule has 3 heterocycles. The fraction of sp³-hybridized carbons (Fsp3) is 0.844. The van der Waals surface area contributed by atoms with Gasteiger partial charge in [-0.15, -0.1) is 0 Å². The van der Waals surface area contributed by atoms with E-state index in [-0.39, 0.29) is 18.9 Å². The van der Waals surface area contributed by atoms with E-state index in [0.29, 0.717) is 12.8 Å². The molecule has 17 atom stereocenters. The number of ether oxygens (including phenoxy) is 6. The lowest BCUT2D eigenvalue weighted by Crippen LogP contribution is -2.66. The lowest BCUT2D eigenvalue weighted by Gasteiger charge is -2.48. The Morgan fingerprint density at radius 1 is 0.547 bits per heavy atom. The summed E-state index contributed by atoms with van der Waals surface area (Å²) in [5.74, 6) is -0.305. The van der Waals surface area contributed by atoms with Crippen molar-refractivity contribution in [1.82, 2.24) is 5.32 Å². The summed E-state index contributed by atoms with van der Waals surface area (Å²) in [7, 11) is 0. The second kappa shape index (κ2) is 31.1. The maximum absolute atomic E-state index is 13.1. The molecule has 0 aromatic rings. The number of unbranched alkanes of at least 4 members (excludes halogenated alkanes) is 10. The quantitative estimate of drug-likeness (QED) is 0.0330. The van der Waals surface area contributed by atoms with Gasteiger partial charge in [-0.05, 0) is 51.4 Å². The molecular weight excluding hydrogens is 842 g/mol. The van der Waals surface area contributed by atoms with Crippen LogP contribution in [0.5, 0.6) is 0 Å². The second-order valence-electron chi connectivity index (χ2n) is 16.8. The average Bonchev–Trinajstić information content (AvgIpc) is 3.29. The van der Waals surface area contributed by atoms with E-state index in [4.69, 9.17) is 28.4 Å². The molecule has 12 N–H and O–H groups in total. The van der Waals surface area contributed by atoms with Crippen molar-refractivity contribution >= 4 is 5.91 Å². The van der Waals surface area contributed by atoms with Gasteiger partial charge >= 0.3 is 0 Å². The number of rotatable bonds is 30. The molecule has 372 valence electrons. The van der Waals surface area contributed by atoms with Crippen molar-refractivity contribution in [3.63, 3.8) is 0 Å². The molecule has 0 spiro atoms. The molecule has 19 heteroatoms. The van der Waals surface area contributed by atoms with E-state index < -0.39 is 124 Å². The summed E-state index contributed by atoms with van der Waals surface area (Å²) in [6.45, 7) is 1.50. The molecule has 0 bridgehead atoms. The third-order valence-electron chi connectivity index (χ3n) is 11.6. The van der Waals surface area contributed by atoms with E-state index in [1.165, 1.54) is 6.42 Å². The van der Waals surface area contributed by atoms with Crippen LogP contribution < -0.4 is 5.32 Å². The van der Waals surface area contributed by atoms with Crippen LogP contribution in [0.1, 0.15) is 110 Å². The zero-order chi connectivity index (χ0) is 47.0. The highest BCUT2D eigenvalue weighted by atomic mass is 16.8. The fourth-order valence-electron chi connectivity index (χ4n) is 7.67. The largest absolute Gasteiger partial charge is 0.394 e. The van der Waals surface area contributed by atoms with Crippen LogP contribution >= 0.6 is 0 Å². The summed E-state index contributed by atoms with van der Waals surface area (Å²) in [6.07, 6.45) is -0.871. The Morgan fingerprint density at radius 2 is 1.03 bits per heavy atom. The Kier molecular flexibility index (Phi) is 27.4. The van der Waals surface area contributed by atoms with E-state index >= 15 is 0 Å². The molecule has 3 aliphatic rings. The third kappa shape index (κ3) is 17.9. The van der Waals surface area contributed by atoms with Crippen molar-refractivity contribution in [1.29, 1.82) is 0 Å². The smallest absolute Gasteiger partial charge is 0.220 e. The monoisotopic (exact) mass is 922 g/mol. The van der Waals surface area contributed by atoms with Crippen molar-refractivity contribution in [2.45, 2.75) is 214 Å². The minimum Gasteiger partial charge on any atom is -0.394 e. The lowest BCUT2D eigenvalue weighted by atomic mass is 9.96. The normalized spacial score (nSPS) is 34.8. The van der Waals surface area contributed by atoms with Crippen molar-refractivity contribution in [3.05, 3.63) is 36.5 Å². The molecule has 64 heavy (non-hydrogen) atoms. The zero-order valence-corrected chi connectivity index (χ0v) is 37.5. The number of aliphatic hydroxyl groups is 11. The van der Waals surface area contributed by atoms with Gasteiger partial charge in [0, 0.05) is 6.42 Å². The van der Waals surface area contributed by atoms with Gasteiger partial charge < -0.3 is 89.9 Å². The molecule has 3 fully saturated rings. The number of hydrogen-bond donors (Lipinski definition) is 12. The number of hydrogen-bond acceptors (Lipinski definition) is 18. The summed E-state index contributed by atoms with van der Waals surface area (Å²) in [6, 6.07) is -0.987. The van der Waals surface area contributed by atoms with Crippen molar-refractivity contribution < 1.29 is 89.4 Å². The van der Waals surface area contributed by atoms with Crippen molar-refractivity contribution in [3.8, 4) is 0 Å². The average molecular weight is 922 g/mol. The van der Waals surface area contributed by atoms with E-state index in [9.17, 15) is 61.0 Å². The molecular formula is C45H79NO18. The number of carbonyl (C=O) groups is 1. The number of nitrogens with one attached hydrogen (secondary N) is 1. The molecule has 19 nitrogen and oxygen atoms in total. The lowest BCUT2D eigenvalue weighted by molar-refractivity contribution is -0.379. The van der Waals surface area contributed by atoms with Crippen LogP contribution in [0.25, 0.3) is 0 Å². The van der Waals surface area contributed by atoms with Crippen LogP contribution in [0.3, 0.4) is 0 Å². The molecule has 0 radical (unpaired) electrons. The Morgan fingerprint density at radius 3 is 1.62 bits per heavy atom. The minimum absolute atomic E-state index is 0.223. The molecule has 0 saturated carbocycles. The van der Waals surface area contributed by atoms with Crippen molar-refractivity contribution in [2.24, 2.45) is 0 Å². The van der Waals surface area contributed by atoms with Crippen LogP contribution in [0.4, 0.5) is 0 Å². The maximum atomic E-state index is 13.1. The first-order valence-electron chi connectivity index (χ1n) is 23.2. The first kappa shape index (κ1) is 56.3. The van der Waals surface area contributed by atoms with Crippen LogP contribution in [-0.4, -0.2) is 193 Å². The Bertz CT molecular complexity index is 1340. The molecule has 3 rings (SSSR count). The van der Waals surface area contributed by atoms with Gasteiger partial charge in [0.05, 0.1) is 38.6 Å². The summed E-state index contributed by atoms with van der Waals surface area (Å²) in [4.78, 5) is 13.1. The highest BCUT2D eigenvalue weighted by molar-refractivity contribution is 5.76. The van der Waals surface area contributed by atoms with Gasteiger partial charge in [0.15, 0.2) is 18.9 Å². The summed E-state index contributed by atoms with van der Waals surface area (Å²) in [5.41, 5.74) is 0. The Labute approximate surface area is 377 Å². The van der Waals surface area contributed by atoms with Gasteiger partial charge in [0.1, 0.15) is 73.2 Å². The minimum atomic E-state index is -1.98. The highest BCUT2D eigenvalue weighted by Gasteiger charge is 2.53. The van der Waals surface area contributed by atoms with Crippen LogP contribution in [0, 0.1) is 0 Å². The first-order valence-corrected chi connectivity index (χ1v) is 23.2. The van der Waals surface area contributed by atoms with Gasteiger partial charge in [0.2, 0.25) is 5.91 Å². The van der Waals surface area contributed by atoms with Gasteiger partial charge in [-0.1, -0.05) is 88.8 Å². The molecule has 0 aromatic carbocycles. The third-order valence-corrected chi connectivity index (χ3v) is 11.6. The molecule has 3 saturated heterocycles.